The van der Waals surface area contributed by atoms with Gasteiger partial charge in [0.1, 0.15) is 0 Å². The molecule has 0 radical (unpaired) electrons. The Kier molecular flexibility index (Phi) is 5.21. The lowest BCUT2D eigenvalue weighted by molar-refractivity contribution is -0.137. The standard InChI is InChI=1S/C11H20N2O4/c1-13(7-6-10(15)16)11(17)12-8-2-4-9(14)5-3-8/h8-9,14H,2-7H2,1H3,(H,12,17)(H,15,16). The minimum Gasteiger partial charge on any atom is -0.481 e. The molecule has 6 heteroatoms. The molecule has 1 fully saturated rings. The highest BCUT2D eigenvalue weighted by atomic mass is 16.4. The van der Waals surface area contributed by atoms with E-state index in [2.05, 4.69) is 5.32 Å². The van der Waals surface area contributed by atoms with Gasteiger partial charge in [-0.1, -0.05) is 0 Å². The first-order valence-electron chi connectivity index (χ1n) is 5.90. The molecule has 0 aromatic carbocycles. The molecule has 17 heavy (non-hydrogen) atoms. The van der Waals surface area contributed by atoms with Crippen molar-refractivity contribution in [1.29, 1.82) is 0 Å². The number of rotatable bonds is 4. The molecule has 0 saturated heterocycles. The first-order chi connectivity index (χ1) is 7.99. The minimum atomic E-state index is -0.912. The van der Waals surface area contributed by atoms with E-state index in [1.807, 2.05) is 0 Å². The molecule has 0 unspecified atom stereocenters. The minimum absolute atomic E-state index is 0.0483. The van der Waals surface area contributed by atoms with Crippen molar-refractivity contribution in [3.8, 4) is 0 Å². The number of aliphatic hydroxyl groups is 1. The number of aliphatic carboxylic acids is 1. The van der Waals surface area contributed by atoms with Gasteiger partial charge in [-0.05, 0) is 25.7 Å². The van der Waals surface area contributed by atoms with Gasteiger partial charge in [0.05, 0.1) is 12.5 Å². The van der Waals surface area contributed by atoms with Crippen LogP contribution in [-0.4, -0.2) is 52.9 Å². The molecular weight excluding hydrogens is 224 g/mol. The lowest BCUT2D eigenvalue weighted by Crippen LogP contribution is -2.45. The first kappa shape index (κ1) is 13.8. The predicted molar refractivity (Wildman–Crippen MR) is 61.7 cm³/mol. The first-order valence-corrected chi connectivity index (χ1v) is 5.90. The molecule has 0 aromatic heterocycles. The summed E-state index contributed by atoms with van der Waals surface area (Å²) in [6, 6.07) is -0.147. The molecular formula is C11H20N2O4. The summed E-state index contributed by atoms with van der Waals surface area (Å²) in [6.45, 7) is 0.205. The Morgan fingerprint density at radius 3 is 2.41 bits per heavy atom. The zero-order chi connectivity index (χ0) is 12.8. The predicted octanol–water partition coefficient (Wildman–Crippen LogP) is 0.406. The van der Waals surface area contributed by atoms with Crippen molar-refractivity contribution in [3.05, 3.63) is 0 Å². The molecule has 0 spiro atoms. The molecule has 3 N–H and O–H groups in total. The second kappa shape index (κ2) is 6.44. The van der Waals surface area contributed by atoms with E-state index in [1.165, 1.54) is 4.90 Å². The second-order valence-corrected chi connectivity index (χ2v) is 4.52. The molecule has 0 aromatic rings. The van der Waals surface area contributed by atoms with Crippen LogP contribution >= 0.6 is 0 Å². The molecule has 0 aliphatic heterocycles. The maximum absolute atomic E-state index is 11.7. The fourth-order valence-electron chi connectivity index (χ4n) is 1.87. The molecule has 0 heterocycles. The molecule has 1 saturated carbocycles. The van der Waals surface area contributed by atoms with Crippen LogP contribution in [-0.2, 0) is 4.79 Å². The van der Waals surface area contributed by atoms with Crippen LogP contribution in [0.1, 0.15) is 32.1 Å². The van der Waals surface area contributed by atoms with Crippen molar-refractivity contribution in [3.63, 3.8) is 0 Å². The summed E-state index contributed by atoms with van der Waals surface area (Å²) in [6.07, 6.45) is 2.69. The van der Waals surface area contributed by atoms with E-state index in [-0.39, 0.29) is 31.1 Å². The fourth-order valence-corrected chi connectivity index (χ4v) is 1.87. The maximum atomic E-state index is 11.7. The number of nitrogens with one attached hydrogen (secondary N) is 1. The van der Waals surface area contributed by atoms with E-state index in [9.17, 15) is 14.7 Å². The van der Waals surface area contributed by atoms with E-state index < -0.39 is 5.97 Å². The number of nitrogens with zero attached hydrogens (tertiary/aromatic N) is 1. The van der Waals surface area contributed by atoms with Crippen molar-refractivity contribution in [1.82, 2.24) is 10.2 Å². The van der Waals surface area contributed by atoms with Gasteiger partial charge in [0.25, 0.3) is 0 Å². The van der Waals surface area contributed by atoms with Crippen LogP contribution in [0, 0.1) is 0 Å². The molecule has 6 nitrogen and oxygen atoms in total. The summed E-state index contributed by atoms with van der Waals surface area (Å²) in [5, 5.41) is 20.7. The van der Waals surface area contributed by atoms with Gasteiger partial charge >= 0.3 is 12.0 Å². The quantitative estimate of drug-likeness (QED) is 0.668. The highest BCUT2D eigenvalue weighted by Crippen LogP contribution is 2.18. The molecule has 1 aliphatic carbocycles. The van der Waals surface area contributed by atoms with Gasteiger partial charge in [-0.2, -0.15) is 0 Å². The average Bonchev–Trinajstić information content (AvgIpc) is 2.28. The third-order valence-corrected chi connectivity index (χ3v) is 3.03. The lowest BCUT2D eigenvalue weighted by Gasteiger charge is -2.28. The number of carbonyl (C=O) groups excluding carboxylic acids is 1. The van der Waals surface area contributed by atoms with E-state index in [0.29, 0.717) is 12.8 Å². The third kappa shape index (κ3) is 5.04. The van der Waals surface area contributed by atoms with Crippen molar-refractivity contribution < 1.29 is 19.8 Å². The zero-order valence-corrected chi connectivity index (χ0v) is 10.1. The molecule has 0 atom stereocenters. The number of carbonyl (C=O) groups is 2. The number of urea groups is 1. The number of carboxylic acids is 1. The Morgan fingerprint density at radius 1 is 1.29 bits per heavy atom. The SMILES string of the molecule is CN(CCC(=O)O)C(=O)NC1CCC(O)CC1. The Balaban J connectivity index is 2.25. The van der Waals surface area contributed by atoms with Crippen molar-refractivity contribution >= 4 is 12.0 Å². The van der Waals surface area contributed by atoms with E-state index in [1.54, 1.807) is 7.05 Å². The summed E-state index contributed by atoms with van der Waals surface area (Å²) in [5.74, 6) is -0.912. The molecule has 1 aliphatic rings. The summed E-state index contributed by atoms with van der Waals surface area (Å²) in [7, 11) is 1.58. The van der Waals surface area contributed by atoms with Crippen molar-refractivity contribution in [2.75, 3.05) is 13.6 Å². The van der Waals surface area contributed by atoms with Crippen LogP contribution in [0.2, 0.25) is 0 Å². The van der Waals surface area contributed by atoms with Crippen LogP contribution in [0.3, 0.4) is 0 Å². The second-order valence-electron chi connectivity index (χ2n) is 4.52. The molecule has 0 bridgehead atoms. The zero-order valence-electron chi connectivity index (χ0n) is 10.1. The van der Waals surface area contributed by atoms with Gasteiger partial charge < -0.3 is 20.4 Å². The highest BCUT2D eigenvalue weighted by molar-refractivity contribution is 5.75. The smallest absolute Gasteiger partial charge is 0.317 e. The Hall–Kier alpha value is -1.30. The van der Waals surface area contributed by atoms with Crippen LogP contribution in [0.15, 0.2) is 0 Å². The van der Waals surface area contributed by atoms with Gasteiger partial charge in [-0.25, -0.2) is 4.79 Å². The van der Waals surface area contributed by atoms with Crippen LogP contribution in [0.5, 0.6) is 0 Å². The Labute approximate surface area is 101 Å². The monoisotopic (exact) mass is 244 g/mol. The van der Waals surface area contributed by atoms with Crippen molar-refractivity contribution in [2.45, 2.75) is 44.2 Å². The Morgan fingerprint density at radius 2 is 1.88 bits per heavy atom. The molecule has 98 valence electrons. The topological polar surface area (TPSA) is 89.9 Å². The van der Waals surface area contributed by atoms with Gasteiger partial charge in [0, 0.05) is 19.6 Å². The number of amides is 2. The third-order valence-electron chi connectivity index (χ3n) is 3.03. The van der Waals surface area contributed by atoms with Crippen molar-refractivity contribution in [2.24, 2.45) is 0 Å². The maximum Gasteiger partial charge on any atom is 0.317 e. The van der Waals surface area contributed by atoms with Gasteiger partial charge in [0.2, 0.25) is 0 Å². The lowest BCUT2D eigenvalue weighted by atomic mass is 9.93. The summed E-state index contributed by atoms with van der Waals surface area (Å²) < 4.78 is 0. The normalized spacial score (nSPS) is 24.1. The summed E-state index contributed by atoms with van der Waals surface area (Å²) in [5.41, 5.74) is 0. The van der Waals surface area contributed by atoms with E-state index >= 15 is 0 Å². The van der Waals surface area contributed by atoms with Crippen LogP contribution in [0.4, 0.5) is 4.79 Å². The van der Waals surface area contributed by atoms with Crippen LogP contribution < -0.4 is 5.32 Å². The highest BCUT2D eigenvalue weighted by Gasteiger charge is 2.21. The average molecular weight is 244 g/mol. The fraction of sp³-hybridized carbons (Fsp3) is 0.818. The number of hydrogen-bond acceptors (Lipinski definition) is 3. The molecule has 2 amide bonds. The van der Waals surface area contributed by atoms with E-state index in [0.717, 1.165) is 12.8 Å². The van der Waals surface area contributed by atoms with Gasteiger partial charge in [-0.3, -0.25) is 4.79 Å². The largest absolute Gasteiger partial charge is 0.481 e. The van der Waals surface area contributed by atoms with Gasteiger partial charge in [-0.15, -0.1) is 0 Å². The Bertz CT molecular complexity index is 275. The number of carboxylic acid groups (broad SMARTS) is 1. The molecule has 1 rings (SSSR count). The van der Waals surface area contributed by atoms with Crippen LogP contribution in [0.25, 0.3) is 0 Å². The summed E-state index contributed by atoms with van der Waals surface area (Å²) in [4.78, 5) is 23.4. The number of aliphatic hydroxyl groups excluding tert-OH is 1. The van der Waals surface area contributed by atoms with Gasteiger partial charge in [0.15, 0.2) is 0 Å². The van der Waals surface area contributed by atoms with E-state index in [4.69, 9.17) is 5.11 Å². The summed E-state index contributed by atoms with van der Waals surface area (Å²) >= 11 is 0. The number of hydrogen-bond donors (Lipinski definition) is 3.